The molecule has 100 valence electrons. The highest BCUT2D eigenvalue weighted by Crippen LogP contribution is 2.07. The third-order valence-corrected chi connectivity index (χ3v) is 2.98. The Kier molecular flexibility index (Phi) is 3.79. The molecule has 0 bridgehead atoms. The zero-order valence-electron chi connectivity index (χ0n) is 10.2. The Hall–Kier alpha value is -2.37. The quantitative estimate of drug-likeness (QED) is 0.734. The van der Waals surface area contributed by atoms with Gasteiger partial charge in [0, 0.05) is 12.1 Å². The van der Waals surface area contributed by atoms with Gasteiger partial charge >= 0.3 is 5.97 Å². The van der Waals surface area contributed by atoms with Crippen LogP contribution in [0.25, 0.3) is 0 Å². The Morgan fingerprint density at radius 1 is 1.21 bits per heavy atom. The summed E-state index contributed by atoms with van der Waals surface area (Å²) in [6.07, 6.45) is 1.44. The van der Waals surface area contributed by atoms with Crippen molar-refractivity contribution in [3.8, 4) is 0 Å². The number of benzene rings is 1. The largest absolute Gasteiger partial charge is 0.478 e. The van der Waals surface area contributed by atoms with E-state index in [0.29, 0.717) is 18.5 Å². The van der Waals surface area contributed by atoms with Gasteiger partial charge in [-0.05, 0) is 37.1 Å². The molecule has 0 saturated carbocycles. The van der Waals surface area contributed by atoms with Crippen molar-refractivity contribution in [2.75, 3.05) is 6.54 Å². The molecule has 0 spiro atoms. The summed E-state index contributed by atoms with van der Waals surface area (Å²) in [5.74, 6) is -1.60. The minimum atomic E-state index is -1.04. The minimum absolute atomic E-state index is 0.118. The topological polar surface area (TPSA) is 95.5 Å². The number of hydrogen-bond donors (Lipinski definition) is 3. The molecular formula is C13H14N2O4. The zero-order valence-corrected chi connectivity index (χ0v) is 10.2. The number of aromatic carboxylic acids is 1. The molecule has 3 N–H and O–H groups in total. The Morgan fingerprint density at radius 2 is 1.84 bits per heavy atom. The van der Waals surface area contributed by atoms with Gasteiger partial charge in [-0.2, -0.15) is 0 Å². The minimum Gasteiger partial charge on any atom is -0.478 e. The summed E-state index contributed by atoms with van der Waals surface area (Å²) < 4.78 is 0. The molecule has 1 fully saturated rings. The second-order valence-electron chi connectivity index (χ2n) is 4.34. The lowest BCUT2D eigenvalue weighted by atomic mass is 10.1. The maximum Gasteiger partial charge on any atom is 0.335 e. The average molecular weight is 262 g/mol. The van der Waals surface area contributed by atoms with Gasteiger partial charge in [0.25, 0.3) is 5.91 Å². The van der Waals surface area contributed by atoms with E-state index in [1.807, 2.05) is 0 Å². The summed E-state index contributed by atoms with van der Waals surface area (Å²) >= 11 is 0. The van der Waals surface area contributed by atoms with Crippen LogP contribution in [-0.4, -0.2) is 35.5 Å². The van der Waals surface area contributed by atoms with E-state index >= 15 is 0 Å². The van der Waals surface area contributed by atoms with Gasteiger partial charge < -0.3 is 15.7 Å². The van der Waals surface area contributed by atoms with Crippen LogP contribution in [0.2, 0.25) is 0 Å². The van der Waals surface area contributed by atoms with E-state index in [9.17, 15) is 14.4 Å². The summed E-state index contributed by atoms with van der Waals surface area (Å²) in [4.78, 5) is 34.1. The second kappa shape index (κ2) is 5.51. The third-order valence-electron chi connectivity index (χ3n) is 2.98. The van der Waals surface area contributed by atoms with E-state index in [1.54, 1.807) is 0 Å². The van der Waals surface area contributed by atoms with Crippen LogP contribution in [0.15, 0.2) is 24.3 Å². The number of carbonyl (C=O) groups excluding carboxylic acids is 2. The highest BCUT2D eigenvalue weighted by Gasteiger charge is 2.23. The normalized spacial score (nSPS) is 18.5. The fourth-order valence-corrected chi connectivity index (χ4v) is 1.92. The molecule has 19 heavy (non-hydrogen) atoms. The van der Waals surface area contributed by atoms with Gasteiger partial charge in [-0.1, -0.05) is 0 Å². The highest BCUT2D eigenvalue weighted by atomic mass is 16.4. The summed E-state index contributed by atoms with van der Waals surface area (Å²) in [5.41, 5.74) is 0.454. The summed E-state index contributed by atoms with van der Waals surface area (Å²) in [7, 11) is 0. The number of carbonyl (C=O) groups is 3. The lowest BCUT2D eigenvalue weighted by molar-refractivity contribution is -0.124. The van der Waals surface area contributed by atoms with E-state index in [1.165, 1.54) is 24.3 Å². The number of carboxylic acid groups (broad SMARTS) is 1. The second-order valence-corrected chi connectivity index (χ2v) is 4.34. The molecule has 0 aromatic heterocycles. The molecule has 1 heterocycles. The van der Waals surface area contributed by atoms with Gasteiger partial charge in [-0.25, -0.2) is 4.79 Å². The third kappa shape index (κ3) is 3.09. The van der Waals surface area contributed by atoms with Gasteiger partial charge in [-0.3, -0.25) is 9.59 Å². The van der Waals surface area contributed by atoms with E-state index in [-0.39, 0.29) is 17.4 Å². The number of piperidine rings is 1. The van der Waals surface area contributed by atoms with Crippen molar-refractivity contribution in [3.05, 3.63) is 35.4 Å². The molecule has 1 saturated heterocycles. The first-order valence-electron chi connectivity index (χ1n) is 6.00. The van der Waals surface area contributed by atoms with Crippen LogP contribution in [0.3, 0.4) is 0 Å². The van der Waals surface area contributed by atoms with Gasteiger partial charge in [0.05, 0.1) is 5.56 Å². The highest BCUT2D eigenvalue weighted by molar-refractivity contribution is 5.98. The first-order chi connectivity index (χ1) is 9.08. The molecule has 2 rings (SSSR count). The van der Waals surface area contributed by atoms with Gasteiger partial charge in [0.2, 0.25) is 5.91 Å². The SMILES string of the molecule is O=C(O)c1ccc(C(=O)N[C@H]2CCCNC2=O)cc1. The van der Waals surface area contributed by atoms with Crippen LogP contribution in [0.1, 0.15) is 33.6 Å². The van der Waals surface area contributed by atoms with Crippen molar-refractivity contribution < 1.29 is 19.5 Å². The van der Waals surface area contributed by atoms with Crippen LogP contribution in [0, 0.1) is 0 Å². The molecule has 1 aliphatic heterocycles. The molecule has 0 radical (unpaired) electrons. The summed E-state index contributed by atoms with van der Waals surface area (Å²) in [6, 6.07) is 5.07. The van der Waals surface area contributed by atoms with Crippen LogP contribution in [0.5, 0.6) is 0 Å². The van der Waals surface area contributed by atoms with Crippen molar-refractivity contribution in [1.82, 2.24) is 10.6 Å². The van der Waals surface area contributed by atoms with Crippen LogP contribution in [0.4, 0.5) is 0 Å². The van der Waals surface area contributed by atoms with Crippen LogP contribution in [-0.2, 0) is 4.79 Å². The molecule has 2 amide bonds. The predicted octanol–water partition coefficient (Wildman–Crippen LogP) is 0.393. The molecule has 6 nitrogen and oxygen atoms in total. The van der Waals surface area contributed by atoms with E-state index < -0.39 is 12.0 Å². The standard InChI is InChI=1S/C13H14N2O4/c16-11(15-10-2-1-7-14-12(10)17)8-3-5-9(6-4-8)13(18)19/h3-6,10H,1-2,7H2,(H,14,17)(H,15,16)(H,18,19)/t10-/m0/s1. The number of hydrogen-bond acceptors (Lipinski definition) is 3. The van der Waals surface area contributed by atoms with Crippen LogP contribution >= 0.6 is 0 Å². The first-order valence-corrected chi connectivity index (χ1v) is 6.00. The van der Waals surface area contributed by atoms with Gasteiger partial charge in [0.15, 0.2) is 0 Å². The fourth-order valence-electron chi connectivity index (χ4n) is 1.92. The molecule has 1 aromatic rings. The number of carboxylic acids is 1. The van der Waals surface area contributed by atoms with E-state index in [0.717, 1.165) is 6.42 Å². The smallest absolute Gasteiger partial charge is 0.335 e. The van der Waals surface area contributed by atoms with Crippen molar-refractivity contribution in [1.29, 1.82) is 0 Å². The molecule has 0 unspecified atom stereocenters. The maximum atomic E-state index is 11.9. The van der Waals surface area contributed by atoms with Crippen molar-refractivity contribution >= 4 is 17.8 Å². The molecule has 1 aromatic carbocycles. The number of nitrogens with one attached hydrogen (secondary N) is 2. The zero-order chi connectivity index (χ0) is 13.8. The predicted molar refractivity (Wildman–Crippen MR) is 66.9 cm³/mol. The van der Waals surface area contributed by atoms with Crippen LogP contribution < -0.4 is 10.6 Å². The molecule has 1 aliphatic rings. The van der Waals surface area contributed by atoms with Crippen molar-refractivity contribution in [2.24, 2.45) is 0 Å². The maximum absolute atomic E-state index is 11.9. The lowest BCUT2D eigenvalue weighted by Crippen LogP contribution is -2.50. The molecule has 6 heteroatoms. The number of rotatable bonds is 3. The fraction of sp³-hybridized carbons (Fsp3) is 0.308. The summed E-state index contributed by atoms with van der Waals surface area (Å²) in [6.45, 7) is 0.637. The lowest BCUT2D eigenvalue weighted by Gasteiger charge is -2.22. The first kappa shape index (κ1) is 13.1. The summed E-state index contributed by atoms with van der Waals surface area (Å²) in [5, 5.41) is 14.1. The Balaban J connectivity index is 2.03. The van der Waals surface area contributed by atoms with Gasteiger partial charge in [0.1, 0.15) is 6.04 Å². The Bertz CT molecular complexity index is 510. The van der Waals surface area contributed by atoms with Crippen molar-refractivity contribution in [3.63, 3.8) is 0 Å². The monoisotopic (exact) mass is 262 g/mol. The number of amides is 2. The van der Waals surface area contributed by atoms with E-state index in [4.69, 9.17) is 5.11 Å². The molecular weight excluding hydrogens is 248 g/mol. The Morgan fingerprint density at radius 3 is 2.42 bits per heavy atom. The molecule has 0 aliphatic carbocycles. The van der Waals surface area contributed by atoms with Gasteiger partial charge in [-0.15, -0.1) is 0 Å². The molecule has 1 atom stereocenters. The average Bonchev–Trinajstić information content (AvgIpc) is 2.41. The van der Waals surface area contributed by atoms with E-state index in [2.05, 4.69) is 10.6 Å². The van der Waals surface area contributed by atoms with Crippen molar-refractivity contribution in [2.45, 2.75) is 18.9 Å². The Labute approximate surface area is 109 Å².